The monoisotopic (exact) mass is 170 g/mol. The Labute approximate surface area is 69.2 Å². The minimum atomic E-state index is 0.0133. The zero-order valence-electron chi connectivity index (χ0n) is 6.46. The van der Waals surface area contributed by atoms with E-state index < -0.39 is 0 Å². The molecule has 4 nitrogen and oxygen atoms in total. The fraction of sp³-hybridized carbons (Fsp3) is 0.333. The van der Waals surface area contributed by atoms with Gasteiger partial charge >= 0.3 is 0 Å². The van der Waals surface area contributed by atoms with Gasteiger partial charge in [0.25, 0.3) is 0 Å². The molecule has 0 bridgehead atoms. The van der Waals surface area contributed by atoms with Gasteiger partial charge in [-0.05, 0) is 6.92 Å². The molecule has 1 rings (SSSR count). The summed E-state index contributed by atoms with van der Waals surface area (Å²) < 4.78 is 0. The van der Waals surface area contributed by atoms with Gasteiger partial charge in [-0.2, -0.15) is 0 Å². The summed E-state index contributed by atoms with van der Waals surface area (Å²) in [6.07, 6.45) is 0. The highest BCUT2D eigenvalue weighted by atomic mass is 32.1. The number of guanidine groups is 1. The molecule has 0 spiro atoms. The zero-order chi connectivity index (χ0) is 8.43. The van der Waals surface area contributed by atoms with Crippen LogP contribution in [0.1, 0.15) is 5.69 Å². The first kappa shape index (κ1) is 8.00. The molecule has 5 heteroatoms. The normalized spacial score (nSPS) is 9.64. The molecule has 0 aliphatic heterocycles. The second-order valence-electron chi connectivity index (χ2n) is 2.22. The number of hydrogen-bond donors (Lipinski definition) is 2. The molecule has 1 aromatic rings. The van der Waals surface area contributed by atoms with Crippen LogP contribution < -0.4 is 10.6 Å². The van der Waals surface area contributed by atoms with Crippen LogP contribution in [0.15, 0.2) is 5.38 Å². The van der Waals surface area contributed by atoms with Crippen LogP contribution in [0.3, 0.4) is 0 Å². The molecule has 1 heterocycles. The Morgan fingerprint density at radius 2 is 2.45 bits per heavy atom. The van der Waals surface area contributed by atoms with Gasteiger partial charge in [0.15, 0.2) is 11.1 Å². The van der Waals surface area contributed by atoms with Gasteiger partial charge in [0, 0.05) is 12.4 Å². The van der Waals surface area contributed by atoms with Crippen molar-refractivity contribution in [1.29, 1.82) is 5.41 Å². The Balaban J connectivity index is 2.84. The number of thiazole rings is 1. The molecule has 0 atom stereocenters. The molecule has 11 heavy (non-hydrogen) atoms. The lowest BCUT2D eigenvalue weighted by atomic mass is 10.6. The van der Waals surface area contributed by atoms with E-state index in [-0.39, 0.29) is 5.96 Å². The van der Waals surface area contributed by atoms with E-state index in [0.717, 1.165) is 10.8 Å². The van der Waals surface area contributed by atoms with Gasteiger partial charge in [-0.3, -0.25) is 10.3 Å². The summed E-state index contributed by atoms with van der Waals surface area (Å²) in [5, 5.41) is 9.80. The van der Waals surface area contributed by atoms with E-state index in [2.05, 4.69) is 4.98 Å². The molecule has 0 fully saturated rings. The summed E-state index contributed by atoms with van der Waals surface area (Å²) in [5.41, 5.74) is 6.21. The third-order valence-electron chi connectivity index (χ3n) is 1.26. The Hall–Kier alpha value is -1.10. The van der Waals surface area contributed by atoms with E-state index in [9.17, 15) is 0 Å². The molecule has 0 saturated carbocycles. The van der Waals surface area contributed by atoms with Crippen molar-refractivity contribution in [3.8, 4) is 0 Å². The van der Waals surface area contributed by atoms with Crippen molar-refractivity contribution >= 4 is 22.4 Å². The molecule has 0 aliphatic carbocycles. The maximum absolute atomic E-state index is 7.12. The number of nitrogens with one attached hydrogen (secondary N) is 1. The Morgan fingerprint density at radius 3 is 2.82 bits per heavy atom. The SMILES string of the molecule is Cc1csc(N(C)C(=N)N)n1. The predicted octanol–water partition coefficient (Wildman–Crippen LogP) is 0.781. The van der Waals surface area contributed by atoms with Crippen LogP contribution in [0, 0.1) is 12.3 Å². The van der Waals surface area contributed by atoms with Gasteiger partial charge in [0.05, 0.1) is 5.69 Å². The summed E-state index contributed by atoms with van der Waals surface area (Å²) in [5.74, 6) is 0.0133. The van der Waals surface area contributed by atoms with Crippen LogP contribution in [0.5, 0.6) is 0 Å². The minimum absolute atomic E-state index is 0.0133. The zero-order valence-corrected chi connectivity index (χ0v) is 7.27. The van der Waals surface area contributed by atoms with Crippen LogP contribution >= 0.6 is 11.3 Å². The van der Waals surface area contributed by atoms with Crippen molar-refractivity contribution in [2.24, 2.45) is 5.73 Å². The predicted molar refractivity (Wildman–Crippen MR) is 47.2 cm³/mol. The molecule has 3 N–H and O–H groups in total. The average Bonchev–Trinajstić information content (AvgIpc) is 2.34. The van der Waals surface area contributed by atoms with Gasteiger partial charge in [0.1, 0.15) is 0 Å². The molecule has 0 unspecified atom stereocenters. The molecule has 1 aromatic heterocycles. The van der Waals surface area contributed by atoms with Gasteiger partial charge in [-0.1, -0.05) is 0 Å². The quantitative estimate of drug-likeness (QED) is 0.483. The van der Waals surface area contributed by atoms with E-state index in [1.165, 1.54) is 16.2 Å². The highest BCUT2D eigenvalue weighted by Crippen LogP contribution is 2.17. The topological polar surface area (TPSA) is 66.0 Å². The van der Waals surface area contributed by atoms with Crippen LogP contribution in [-0.2, 0) is 0 Å². The second kappa shape index (κ2) is 2.87. The molecular weight excluding hydrogens is 160 g/mol. The second-order valence-corrected chi connectivity index (χ2v) is 3.05. The molecule has 0 radical (unpaired) electrons. The Kier molecular flexibility index (Phi) is 2.09. The van der Waals surface area contributed by atoms with E-state index in [1.54, 1.807) is 7.05 Å². The summed E-state index contributed by atoms with van der Waals surface area (Å²) in [6.45, 7) is 1.91. The largest absolute Gasteiger partial charge is 0.370 e. The van der Waals surface area contributed by atoms with Crippen LogP contribution in [0.2, 0.25) is 0 Å². The first-order valence-corrected chi connectivity index (χ1v) is 3.99. The van der Waals surface area contributed by atoms with Crippen LogP contribution in [0.4, 0.5) is 5.13 Å². The Morgan fingerprint density at radius 1 is 1.82 bits per heavy atom. The number of hydrogen-bond acceptors (Lipinski definition) is 3. The minimum Gasteiger partial charge on any atom is -0.370 e. The number of aromatic nitrogens is 1. The van der Waals surface area contributed by atoms with Crippen molar-refractivity contribution in [1.82, 2.24) is 4.98 Å². The molecule has 0 saturated heterocycles. The maximum atomic E-state index is 7.12. The lowest BCUT2D eigenvalue weighted by Crippen LogP contribution is -2.32. The Bertz CT molecular complexity index is 267. The van der Waals surface area contributed by atoms with Gasteiger partial charge in [0.2, 0.25) is 0 Å². The third-order valence-corrected chi connectivity index (χ3v) is 2.29. The molecular formula is C6H10N4S. The number of rotatable bonds is 1. The highest BCUT2D eigenvalue weighted by Gasteiger charge is 2.05. The number of nitrogens with zero attached hydrogens (tertiary/aromatic N) is 2. The molecule has 0 amide bonds. The van der Waals surface area contributed by atoms with E-state index >= 15 is 0 Å². The van der Waals surface area contributed by atoms with Gasteiger partial charge in [-0.25, -0.2) is 4.98 Å². The van der Waals surface area contributed by atoms with Crippen molar-refractivity contribution < 1.29 is 0 Å². The highest BCUT2D eigenvalue weighted by molar-refractivity contribution is 7.14. The summed E-state index contributed by atoms with van der Waals surface area (Å²) in [6, 6.07) is 0. The van der Waals surface area contributed by atoms with Crippen LogP contribution in [0.25, 0.3) is 0 Å². The maximum Gasteiger partial charge on any atom is 0.194 e. The van der Waals surface area contributed by atoms with E-state index in [0.29, 0.717) is 0 Å². The molecule has 0 aromatic carbocycles. The lowest BCUT2D eigenvalue weighted by Gasteiger charge is -2.11. The smallest absolute Gasteiger partial charge is 0.194 e. The summed E-state index contributed by atoms with van der Waals surface area (Å²) in [4.78, 5) is 5.69. The van der Waals surface area contributed by atoms with Crippen LogP contribution in [-0.4, -0.2) is 18.0 Å². The molecule has 0 aliphatic rings. The van der Waals surface area contributed by atoms with E-state index in [1.807, 2.05) is 12.3 Å². The average molecular weight is 170 g/mol. The van der Waals surface area contributed by atoms with Gasteiger partial charge < -0.3 is 5.73 Å². The first-order chi connectivity index (χ1) is 5.11. The standard InChI is InChI=1S/C6H10N4S/c1-4-3-11-6(9-4)10(2)5(7)8/h3H,1-2H3,(H3,7,8). The first-order valence-electron chi connectivity index (χ1n) is 3.11. The number of nitrogens with two attached hydrogens (primary N) is 1. The fourth-order valence-electron chi connectivity index (χ4n) is 0.599. The van der Waals surface area contributed by atoms with Crippen molar-refractivity contribution in [3.05, 3.63) is 11.1 Å². The van der Waals surface area contributed by atoms with Crippen molar-refractivity contribution in [2.75, 3.05) is 11.9 Å². The third kappa shape index (κ3) is 1.68. The summed E-state index contributed by atoms with van der Waals surface area (Å²) >= 11 is 1.48. The number of aryl methyl sites for hydroxylation is 1. The van der Waals surface area contributed by atoms with E-state index in [4.69, 9.17) is 11.1 Å². The summed E-state index contributed by atoms with van der Waals surface area (Å²) in [7, 11) is 1.72. The fourth-order valence-corrected chi connectivity index (χ4v) is 1.38. The van der Waals surface area contributed by atoms with Gasteiger partial charge in [-0.15, -0.1) is 11.3 Å². The van der Waals surface area contributed by atoms with Crippen molar-refractivity contribution in [3.63, 3.8) is 0 Å². The molecule has 60 valence electrons. The lowest BCUT2D eigenvalue weighted by molar-refractivity contribution is 1.14. The van der Waals surface area contributed by atoms with Crippen molar-refractivity contribution in [2.45, 2.75) is 6.92 Å². The number of anilines is 1.